The topological polar surface area (TPSA) is 20.2 Å². The molecule has 0 aromatic heterocycles. The van der Waals surface area contributed by atoms with Crippen LogP contribution in [0.4, 0.5) is 13.2 Å². The Balaban J connectivity index is 2.52. The van der Waals surface area contributed by atoms with Gasteiger partial charge in [0, 0.05) is 11.1 Å². The minimum absolute atomic E-state index is 0.0764. The van der Waals surface area contributed by atoms with Gasteiger partial charge in [-0.3, -0.25) is 0 Å². The zero-order chi connectivity index (χ0) is 9.64. The molecule has 0 saturated carbocycles. The molecule has 0 fully saturated rings. The first-order valence-corrected chi connectivity index (χ1v) is 3.62. The molecule has 0 unspecified atom stereocenters. The summed E-state index contributed by atoms with van der Waals surface area (Å²) in [6.45, 7) is 0. The number of fused-ring (bicyclic) bond motifs is 1. The van der Waals surface area contributed by atoms with Crippen molar-refractivity contribution in [3.05, 3.63) is 35.4 Å². The minimum Gasteiger partial charge on any atom is -0.507 e. The molecule has 0 amide bonds. The Labute approximate surface area is 72.1 Å². The van der Waals surface area contributed by atoms with Crippen LogP contribution in [0.3, 0.4) is 0 Å². The van der Waals surface area contributed by atoms with E-state index >= 15 is 0 Å². The molecule has 68 valence electrons. The Morgan fingerprint density at radius 2 is 1.54 bits per heavy atom. The first-order valence-electron chi connectivity index (χ1n) is 3.62. The van der Waals surface area contributed by atoms with Crippen molar-refractivity contribution in [3.63, 3.8) is 0 Å². The van der Waals surface area contributed by atoms with Crippen molar-refractivity contribution in [2.24, 2.45) is 0 Å². The van der Waals surface area contributed by atoms with Crippen molar-refractivity contribution >= 4 is 11.3 Å². The molecule has 4 heteroatoms. The van der Waals surface area contributed by atoms with E-state index < -0.39 is 17.5 Å². The van der Waals surface area contributed by atoms with E-state index in [2.05, 4.69) is 0 Å². The van der Waals surface area contributed by atoms with E-state index in [1.54, 1.807) is 6.07 Å². The molecule has 1 aliphatic carbocycles. The van der Waals surface area contributed by atoms with E-state index in [1.165, 1.54) is 18.2 Å². The Morgan fingerprint density at radius 3 is 2.08 bits per heavy atom. The van der Waals surface area contributed by atoms with Crippen LogP contribution in [0, 0.1) is 0 Å². The van der Waals surface area contributed by atoms with Crippen LogP contribution in [0.2, 0.25) is 0 Å². The molecule has 2 rings (SSSR count). The molecule has 0 radical (unpaired) electrons. The first-order chi connectivity index (χ1) is 6.02. The molecule has 1 N–H and O–H groups in total. The lowest BCUT2D eigenvalue weighted by Gasteiger charge is -2.24. The highest BCUT2D eigenvalue weighted by Gasteiger charge is 2.44. The lowest BCUT2D eigenvalue weighted by Crippen LogP contribution is -2.20. The average molecular weight is 186 g/mol. The number of benzene rings is 1. The molecule has 1 nitrogen and oxygen atoms in total. The van der Waals surface area contributed by atoms with Crippen molar-refractivity contribution in [2.75, 3.05) is 0 Å². The van der Waals surface area contributed by atoms with Crippen LogP contribution >= 0.6 is 0 Å². The second-order valence-corrected chi connectivity index (χ2v) is 2.77. The van der Waals surface area contributed by atoms with Gasteiger partial charge in [-0.15, -0.1) is 0 Å². The molecule has 0 saturated heterocycles. The third-order valence-electron chi connectivity index (χ3n) is 1.97. The Hall–Kier alpha value is -1.45. The molecule has 1 aromatic rings. The van der Waals surface area contributed by atoms with E-state index in [-0.39, 0.29) is 11.1 Å². The van der Waals surface area contributed by atoms with Crippen molar-refractivity contribution in [2.45, 2.75) is 6.18 Å². The quantitative estimate of drug-likeness (QED) is 0.660. The lowest BCUT2D eigenvalue weighted by molar-refractivity contribution is -0.0699. The predicted octanol–water partition coefficient (Wildman–Crippen LogP) is 2.99. The Kier molecular flexibility index (Phi) is 1.43. The van der Waals surface area contributed by atoms with Gasteiger partial charge in [0.15, 0.2) is 0 Å². The van der Waals surface area contributed by atoms with E-state index in [1.807, 2.05) is 0 Å². The fraction of sp³-hybridized carbons (Fsp3) is 0.111. The fourth-order valence-electron chi connectivity index (χ4n) is 1.39. The molecular weight excluding hydrogens is 181 g/mol. The SMILES string of the molecule is OC1=C(C(F)(F)F)c2ccccc21. The normalized spacial score (nSPS) is 15.3. The molecule has 1 aliphatic rings. The van der Waals surface area contributed by atoms with Gasteiger partial charge in [0.25, 0.3) is 0 Å². The van der Waals surface area contributed by atoms with Crippen LogP contribution in [0.5, 0.6) is 0 Å². The zero-order valence-electron chi connectivity index (χ0n) is 6.39. The highest BCUT2D eigenvalue weighted by molar-refractivity contribution is 6.02. The predicted molar refractivity (Wildman–Crippen MR) is 41.9 cm³/mol. The smallest absolute Gasteiger partial charge is 0.420 e. The Bertz CT molecular complexity index is 390. The summed E-state index contributed by atoms with van der Waals surface area (Å²) in [5, 5.41) is 9.06. The molecule has 0 atom stereocenters. The Morgan fingerprint density at radius 1 is 1.00 bits per heavy atom. The summed E-state index contributed by atoms with van der Waals surface area (Å²) in [6, 6.07) is 5.90. The van der Waals surface area contributed by atoms with Crippen LogP contribution in [-0.4, -0.2) is 11.3 Å². The first kappa shape index (κ1) is 8.16. The second-order valence-electron chi connectivity index (χ2n) is 2.77. The maximum atomic E-state index is 12.2. The van der Waals surface area contributed by atoms with Crippen molar-refractivity contribution in [3.8, 4) is 0 Å². The number of allylic oxidation sites excluding steroid dienone is 1. The summed E-state index contributed by atoms with van der Waals surface area (Å²) in [5.74, 6) is -0.650. The lowest BCUT2D eigenvalue weighted by atomic mass is 9.86. The number of aliphatic hydroxyl groups excluding tert-OH is 1. The second kappa shape index (κ2) is 2.28. The molecular formula is C9H5F3O. The molecule has 0 bridgehead atoms. The number of hydrogen-bond acceptors (Lipinski definition) is 1. The van der Waals surface area contributed by atoms with Gasteiger partial charge in [-0.1, -0.05) is 24.3 Å². The van der Waals surface area contributed by atoms with E-state index in [0.29, 0.717) is 0 Å². The number of aliphatic hydroxyl groups is 1. The summed E-state index contributed by atoms with van der Waals surface area (Å²) in [4.78, 5) is 0. The monoisotopic (exact) mass is 186 g/mol. The van der Waals surface area contributed by atoms with Gasteiger partial charge in [0.05, 0.1) is 0 Å². The average Bonchev–Trinajstić information content (AvgIpc) is 2.00. The summed E-state index contributed by atoms with van der Waals surface area (Å²) >= 11 is 0. The fourth-order valence-corrected chi connectivity index (χ4v) is 1.39. The van der Waals surface area contributed by atoms with Crippen molar-refractivity contribution in [1.29, 1.82) is 0 Å². The summed E-state index contributed by atoms with van der Waals surface area (Å²) in [6.07, 6.45) is -4.46. The largest absolute Gasteiger partial charge is 0.507 e. The van der Waals surface area contributed by atoms with Gasteiger partial charge in [0.2, 0.25) is 0 Å². The number of halogens is 3. The molecule has 0 heterocycles. The van der Waals surface area contributed by atoms with Crippen molar-refractivity contribution < 1.29 is 18.3 Å². The molecule has 13 heavy (non-hydrogen) atoms. The van der Waals surface area contributed by atoms with Gasteiger partial charge >= 0.3 is 6.18 Å². The highest BCUT2D eigenvalue weighted by atomic mass is 19.4. The minimum atomic E-state index is -4.46. The van der Waals surface area contributed by atoms with Gasteiger partial charge < -0.3 is 5.11 Å². The van der Waals surface area contributed by atoms with Crippen LogP contribution in [0.15, 0.2) is 24.3 Å². The van der Waals surface area contributed by atoms with Gasteiger partial charge in [0.1, 0.15) is 11.3 Å². The van der Waals surface area contributed by atoms with Crippen LogP contribution in [0.25, 0.3) is 11.3 Å². The van der Waals surface area contributed by atoms with E-state index in [4.69, 9.17) is 5.11 Å². The third-order valence-corrected chi connectivity index (χ3v) is 1.97. The van der Waals surface area contributed by atoms with Crippen molar-refractivity contribution in [1.82, 2.24) is 0 Å². The maximum absolute atomic E-state index is 12.2. The molecule has 0 spiro atoms. The number of hydrogen-bond donors (Lipinski definition) is 1. The number of rotatable bonds is 0. The zero-order valence-corrected chi connectivity index (χ0v) is 6.39. The van der Waals surface area contributed by atoms with E-state index in [9.17, 15) is 13.2 Å². The summed E-state index contributed by atoms with van der Waals surface area (Å²) in [7, 11) is 0. The van der Waals surface area contributed by atoms with Crippen LogP contribution in [-0.2, 0) is 0 Å². The summed E-state index contributed by atoms with van der Waals surface area (Å²) < 4.78 is 36.6. The van der Waals surface area contributed by atoms with Gasteiger partial charge in [-0.25, -0.2) is 0 Å². The molecule has 1 aromatic carbocycles. The standard InChI is InChI=1S/C9H5F3O/c10-9(11,12)7-5-3-1-2-4-6(5)8(7)13/h1-4,13H. The van der Waals surface area contributed by atoms with Crippen LogP contribution in [0.1, 0.15) is 11.1 Å². The van der Waals surface area contributed by atoms with Crippen LogP contribution < -0.4 is 0 Å². The summed E-state index contributed by atoms with van der Waals surface area (Å²) in [5.41, 5.74) is -0.564. The molecule has 0 aliphatic heterocycles. The van der Waals surface area contributed by atoms with E-state index in [0.717, 1.165) is 0 Å². The van der Waals surface area contributed by atoms with Gasteiger partial charge in [-0.05, 0) is 0 Å². The number of alkyl halides is 3. The van der Waals surface area contributed by atoms with Gasteiger partial charge in [-0.2, -0.15) is 13.2 Å². The highest BCUT2D eigenvalue weighted by Crippen LogP contribution is 2.47. The maximum Gasteiger partial charge on any atom is 0.420 e. The third kappa shape index (κ3) is 1.02.